The SMILES string of the molecule is CCC(C)(CN)N1CCc2ccccc2C1. The summed E-state index contributed by atoms with van der Waals surface area (Å²) in [4.78, 5) is 2.54. The molecule has 16 heavy (non-hydrogen) atoms. The van der Waals surface area contributed by atoms with Crippen molar-refractivity contribution in [3.05, 3.63) is 35.4 Å². The zero-order chi connectivity index (χ0) is 11.6. The molecule has 2 N–H and O–H groups in total. The zero-order valence-electron chi connectivity index (χ0n) is 10.4. The molecule has 1 aromatic carbocycles. The number of hydrogen-bond acceptors (Lipinski definition) is 2. The van der Waals surface area contributed by atoms with Crippen molar-refractivity contribution in [2.24, 2.45) is 5.73 Å². The van der Waals surface area contributed by atoms with Crippen LogP contribution in [-0.4, -0.2) is 23.5 Å². The molecule has 88 valence electrons. The molecule has 1 aliphatic rings. The van der Waals surface area contributed by atoms with Gasteiger partial charge in [0.25, 0.3) is 0 Å². The summed E-state index contributed by atoms with van der Waals surface area (Å²) in [5.74, 6) is 0. The van der Waals surface area contributed by atoms with Crippen molar-refractivity contribution in [2.75, 3.05) is 13.1 Å². The molecule has 1 heterocycles. The number of fused-ring (bicyclic) bond motifs is 1. The Balaban J connectivity index is 2.19. The first-order chi connectivity index (χ1) is 7.69. The first kappa shape index (κ1) is 11.6. The van der Waals surface area contributed by atoms with E-state index >= 15 is 0 Å². The largest absolute Gasteiger partial charge is 0.329 e. The molecule has 1 aliphatic heterocycles. The van der Waals surface area contributed by atoms with Gasteiger partial charge in [0, 0.05) is 25.2 Å². The lowest BCUT2D eigenvalue weighted by molar-refractivity contribution is 0.0911. The Morgan fingerprint density at radius 3 is 2.62 bits per heavy atom. The van der Waals surface area contributed by atoms with Gasteiger partial charge in [-0.3, -0.25) is 4.90 Å². The van der Waals surface area contributed by atoms with Gasteiger partial charge in [-0.05, 0) is 30.9 Å². The van der Waals surface area contributed by atoms with Crippen LogP contribution in [0.2, 0.25) is 0 Å². The van der Waals surface area contributed by atoms with Crippen LogP contribution in [-0.2, 0) is 13.0 Å². The minimum atomic E-state index is 0.160. The highest BCUT2D eigenvalue weighted by molar-refractivity contribution is 5.29. The van der Waals surface area contributed by atoms with Gasteiger partial charge in [-0.1, -0.05) is 31.2 Å². The van der Waals surface area contributed by atoms with E-state index in [0.717, 1.165) is 32.5 Å². The van der Waals surface area contributed by atoms with Gasteiger partial charge >= 0.3 is 0 Å². The highest BCUT2D eigenvalue weighted by Crippen LogP contribution is 2.26. The van der Waals surface area contributed by atoms with Crippen LogP contribution in [0.15, 0.2) is 24.3 Å². The van der Waals surface area contributed by atoms with E-state index in [4.69, 9.17) is 5.73 Å². The molecule has 2 nitrogen and oxygen atoms in total. The maximum Gasteiger partial charge on any atom is 0.0304 e. The van der Waals surface area contributed by atoms with E-state index in [-0.39, 0.29) is 5.54 Å². The molecule has 0 amide bonds. The maximum atomic E-state index is 5.93. The fourth-order valence-electron chi connectivity index (χ4n) is 2.45. The molecule has 0 spiro atoms. The summed E-state index contributed by atoms with van der Waals surface area (Å²) in [5.41, 5.74) is 9.07. The molecule has 0 radical (unpaired) electrons. The number of nitrogens with zero attached hydrogens (tertiary/aromatic N) is 1. The zero-order valence-corrected chi connectivity index (χ0v) is 10.4. The molecule has 1 unspecified atom stereocenters. The second-order valence-electron chi connectivity index (χ2n) is 4.99. The summed E-state index contributed by atoms with van der Waals surface area (Å²) in [7, 11) is 0. The smallest absolute Gasteiger partial charge is 0.0304 e. The monoisotopic (exact) mass is 218 g/mol. The quantitative estimate of drug-likeness (QED) is 0.842. The Bertz CT molecular complexity index is 356. The minimum absolute atomic E-state index is 0.160. The van der Waals surface area contributed by atoms with Crippen molar-refractivity contribution >= 4 is 0 Å². The molecule has 1 atom stereocenters. The molecule has 0 saturated carbocycles. The molecular weight excluding hydrogens is 196 g/mol. The van der Waals surface area contributed by atoms with Crippen LogP contribution in [0, 0.1) is 0 Å². The van der Waals surface area contributed by atoms with Crippen LogP contribution in [0.5, 0.6) is 0 Å². The van der Waals surface area contributed by atoms with Crippen LogP contribution in [0.25, 0.3) is 0 Å². The van der Waals surface area contributed by atoms with Crippen LogP contribution in [0.3, 0.4) is 0 Å². The average molecular weight is 218 g/mol. The molecule has 0 aromatic heterocycles. The Kier molecular flexibility index (Phi) is 3.31. The number of benzene rings is 1. The standard InChI is InChI=1S/C14H22N2/c1-3-14(2,11-15)16-9-8-12-6-4-5-7-13(12)10-16/h4-7H,3,8-11,15H2,1-2H3. The summed E-state index contributed by atoms with van der Waals surface area (Å²) >= 11 is 0. The predicted octanol–water partition coefficient (Wildman–Crippen LogP) is 2.17. The van der Waals surface area contributed by atoms with Crippen LogP contribution in [0.1, 0.15) is 31.4 Å². The Labute approximate surface area is 98.4 Å². The van der Waals surface area contributed by atoms with Crippen LogP contribution >= 0.6 is 0 Å². The molecule has 2 heteroatoms. The lowest BCUT2D eigenvalue weighted by atomic mass is 9.91. The van der Waals surface area contributed by atoms with Gasteiger partial charge in [0.05, 0.1) is 0 Å². The number of rotatable bonds is 3. The third-order valence-corrected chi connectivity index (χ3v) is 4.10. The van der Waals surface area contributed by atoms with E-state index in [1.807, 2.05) is 0 Å². The summed E-state index contributed by atoms with van der Waals surface area (Å²) in [6, 6.07) is 8.76. The molecule has 0 aliphatic carbocycles. The first-order valence-electron chi connectivity index (χ1n) is 6.21. The van der Waals surface area contributed by atoms with Gasteiger partial charge in [0.15, 0.2) is 0 Å². The lowest BCUT2D eigenvalue weighted by Gasteiger charge is -2.43. The van der Waals surface area contributed by atoms with E-state index < -0.39 is 0 Å². The lowest BCUT2D eigenvalue weighted by Crippen LogP contribution is -2.52. The number of hydrogen-bond donors (Lipinski definition) is 1. The Morgan fingerprint density at radius 2 is 2.00 bits per heavy atom. The van der Waals surface area contributed by atoms with E-state index in [0.29, 0.717) is 0 Å². The summed E-state index contributed by atoms with van der Waals surface area (Å²) < 4.78 is 0. The van der Waals surface area contributed by atoms with E-state index in [1.54, 1.807) is 0 Å². The molecular formula is C14H22N2. The van der Waals surface area contributed by atoms with Gasteiger partial charge in [-0.2, -0.15) is 0 Å². The van der Waals surface area contributed by atoms with E-state index in [1.165, 1.54) is 11.1 Å². The van der Waals surface area contributed by atoms with Crippen molar-refractivity contribution in [3.8, 4) is 0 Å². The highest BCUT2D eigenvalue weighted by Gasteiger charge is 2.30. The number of nitrogens with two attached hydrogens (primary N) is 1. The second kappa shape index (κ2) is 4.56. The first-order valence-corrected chi connectivity index (χ1v) is 6.21. The van der Waals surface area contributed by atoms with Gasteiger partial charge < -0.3 is 5.73 Å². The van der Waals surface area contributed by atoms with Crippen molar-refractivity contribution < 1.29 is 0 Å². The van der Waals surface area contributed by atoms with Gasteiger partial charge in [0.2, 0.25) is 0 Å². The summed E-state index contributed by atoms with van der Waals surface area (Å²) in [6.07, 6.45) is 2.28. The van der Waals surface area contributed by atoms with Gasteiger partial charge in [-0.25, -0.2) is 0 Å². The van der Waals surface area contributed by atoms with Gasteiger partial charge in [-0.15, -0.1) is 0 Å². The highest BCUT2D eigenvalue weighted by atomic mass is 15.2. The summed E-state index contributed by atoms with van der Waals surface area (Å²) in [6.45, 7) is 7.44. The van der Waals surface area contributed by atoms with Crippen LogP contribution in [0.4, 0.5) is 0 Å². The fraction of sp³-hybridized carbons (Fsp3) is 0.571. The normalized spacial score (nSPS) is 20.2. The molecule has 0 bridgehead atoms. The molecule has 1 aromatic rings. The van der Waals surface area contributed by atoms with E-state index in [9.17, 15) is 0 Å². The molecule has 0 fully saturated rings. The Morgan fingerprint density at radius 1 is 1.31 bits per heavy atom. The predicted molar refractivity (Wildman–Crippen MR) is 68.3 cm³/mol. The third kappa shape index (κ3) is 2.00. The molecule has 0 saturated heterocycles. The van der Waals surface area contributed by atoms with Crippen molar-refractivity contribution in [2.45, 2.75) is 38.8 Å². The minimum Gasteiger partial charge on any atom is -0.329 e. The van der Waals surface area contributed by atoms with Gasteiger partial charge in [0.1, 0.15) is 0 Å². The summed E-state index contributed by atoms with van der Waals surface area (Å²) in [5, 5.41) is 0. The topological polar surface area (TPSA) is 29.3 Å². The second-order valence-corrected chi connectivity index (χ2v) is 4.99. The fourth-order valence-corrected chi connectivity index (χ4v) is 2.45. The van der Waals surface area contributed by atoms with Crippen LogP contribution < -0.4 is 5.73 Å². The van der Waals surface area contributed by atoms with Crippen molar-refractivity contribution in [1.29, 1.82) is 0 Å². The van der Waals surface area contributed by atoms with E-state index in [2.05, 4.69) is 43.0 Å². The third-order valence-electron chi connectivity index (χ3n) is 4.10. The Hall–Kier alpha value is -0.860. The average Bonchev–Trinajstić information content (AvgIpc) is 2.37. The van der Waals surface area contributed by atoms with Crippen molar-refractivity contribution in [3.63, 3.8) is 0 Å². The maximum absolute atomic E-state index is 5.93. The molecule has 2 rings (SSSR count). The van der Waals surface area contributed by atoms with Crippen molar-refractivity contribution in [1.82, 2.24) is 4.90 Å².